The van der Waals surface area contributed by atoms with Gasteiger partial charge in [0.2, 0.25) is 5.43 Å². The van der Waals surface area contributed by atoms with Crippen molar-refractivity contribution in [2.75, 3.05) is 13.1 Å². The number of aliphatic hydroxyl groups is 1. The van der Waals surface area contributed by atoms with Gasteiger partial charge < -0.3 is 14.6 Å². The van der Waals surface area contributed by atoms with Crippen LogP contribution in [0.3, 0.4) is 0 Å². The molecular formula is C20H19ClFN5O3. The standard InChI is InChI=1S/C20H19ClFN5O3/c1-10(28)17-9-27(24-23-17)12-6-25(7-12)20(30)14-8-26(11-2-3-11)18-5-15(21)16(22)4-13(18)19(14)29/h4-5,8-12,28H,2-3,6-7H2,1H3. The van der Waals surface area contributed by atoms with Gasteiger partial charge in [0, 0.05) is 30.7 Å². The van der Waals surface area contributed by atoms with Crippen molar-refractivity contribution in [3.8, 4) is 0 Å². The SMILES string of the molecule is CC(O)c1cn(C2CN(C(=O)c3cn(C4CC4)c4cc(Cl)c(F)cc4c3=O)C2)nn1. The maximum atomic E-state index is 14.0. The van der Waals surface area contributed by atoms with Crippen LogP contribution in [0.1, 0.15) is 54.0 Å². The second-order valence-electron chi connectivity index (χ2n) is 7.96. The molecule has 1 aromatic carbocycles. The lowest BCUT2D eigenvalue weighted by molar-refractivity contribution is 0.0496. The summed E-state index contributed by atoms with van der Waals surface area (Å²) in [4.78, 5) is 27.6. The fraction of sp³-hybridized carbons (Fsp3) is 0.400. The van der Waals surface area contributed by atoms with Crippen LogP contribution in [0.4, 0.5) is 4.39 Å². The smallest absolute Gasteiger partial charge is 0.259 e. The average Bonchev–Trinajstić information content (AvgIpc) is 3.39. The van der Waals surface area contributed by atoms with Gasteiger partial charge in [-0.15, -0.1) is 5.10 Å². The predicted octanol–water partition coefficient (Wildman–Crippen LogP) is 2.47. The summed E-state index contributed by atoms with van der Waals surface area (Å²) in [6.45, 7) is 2.35. The molecule has 1 N–H and O–H groups in total. The minimum atomic E-state index is -0.719. The quantitative estimate of drug-likeness (QED) is 0.685. The van der Waals surface area contributed by atoms with Crippen molar-refractivity contribution in [2.45, 2.75) is 38.0 Å². The Morgan fingerprint density at radius 3 is 2.63 bits per heavy atom. The average molecular weight is 432 g/mol. The number of carbonyl (C=O) groups excluding carboxylic acids is 1. The summed E-state index contributed by atoms with van der Waals surface area (Å²) >= 11 is 5.92. The number of fused-ring (bicyclic) bond motifs is 1. The molecule has 3 aromatic rings. The molecule has 1 saturated carbocycles. The molecule has 1 amide bonds. The molecule has 30 heavy (non-hydrogen) atoms. The Hall–Kier alpha value is -2.78. The first kappa shape index (κ1) is 19.2. The number of likely N-dealkylation sites (tertiary alicyclic amines) is 1. The van der Waals surface area contributed by atoms with E-state index >= 15 is 0 Å². The molecule has 1 aliphatic heterocycles. The van der Waals surface area contributed by atoms with Crippen LogP contribution < -0.4 is 5.43 Å². The third-order valence-corrected chi connectivity index (χ3v) is 6.01. The van der Waals surface area contributed by atoms with E-state index in [9.17, 15) is 19.1 Å². The predicted molar refractivity (Wildman–Crippen MR) is 107 cm³/mol. The van der Waals surface area contributed by atoms with E-state index in [0.29, 0.717) is 24.3 Å². The number of rotatable bonds is 4. The summed E-state index contributed by atoms with van der Waals surface area (Å²) < 4.78 is 17.5. The van der Waals surface area contributed by atoms with Crippen LogP contribution in [-0.2, 0) is 0 Å². The molecule has 1 saturated heterocycles. The Kier molecular flexibility index (Phi) is 4.41. The summed E-state index contributed by atoms with van der Waals surface area (Å²) in [6, 6.07) is 2.67. The number of hydrogen-bond donors (Lipinski definition) is 1. The molecule has 2 aromatic heterocycles. The first-order valence-corrected chi connectivity index (χ1v) is 10.1. The Labute approximate surface area is 175 Å². The molecule has 5 rings (SSSR count). The zero-order chi connectivity index (χ0) is 21.2. The lowest BCUT2D eigenvalue weighted by Crippen LogP contribution is -2.51. The van der Waals surface area contributed by atoms with E-state index in [-0.39, 0.29) is 28.1 Å². The van der Waals surface area contributed by atoms with Gasteiger partial charge in [-0.25, -0.2) is 9.07 Å². The zero-order valence-electron chi connectivity index (χ0n) is 16.1. The molecule has 3 heterocycles. The van der Waals surface area contributed by atoms with E-state index in [1.54, 1.807) is 28.9 Å². The van der Waals surface area contributed by atoms with Gasteiger partial charge >= 0.3 is 0 Å². The first-order valence-electron chi connectivity index (χ1n) is 9.76. The largest absolute Gasteiger partial charge is 0.387 e. The van der Waals surface area contributed by atoms with Gasteiger partial charge in [0.1, 0.15) is 17.1 Å². The van der Waals surface area contributed by atoms with Gasteiger partial charge in [0.25, 0.3) is 5.91 Å². The van der Waals surface area contributed by atoms with E-state index in [1.165, 1.54) is 6.07 Å². The monoisotopic (exact) mass is 431 g/mol. The number of aromatic nitrogens is 4. The van der Waals surface area contributed by atoms with E-state index in [0.717, 1.165) is 18.9 Å². The summed E-state index contributed by atoms with van der Waals surface area (Å²) in [5.41, 5.74) is 0.531. The number of amides is 1. The number of halogens is 2. The molecule has 10 heteroatoms. The molecule has 1 aliphatic carbocycles. The van der Waals surface area contributed by atoms with Gasteiger partial charge in [-0.05, 0) is 31.9 Å². The summed E-state index contributed by atoms with van der Waals surface area (Å²) in [5.74, 6) is -1.07. The van der Waals surface area contributed by atoms with Crippen molar-refractivity contribution in [1.82, 2.24) is 24.5 Å². The lowest BCUT2D eigenvalue weighted by atomic mass is 10.1. The first-order chi connectivity index (χ1) is 14.3. The van der Waals surface area contributed by atoms with Gasteiger partial charge in [-0.3, -0.25) is 9.59 Å². The molecule has 0 bridgehead atoms. The number of aliphatic hydroxyl groups excluding tert-OH is 1. The molecule has 2 fully saturated rings. The third-order valence-electron chi connectivity index (χ3n) is 5.72. The van der Waals surface area contributed by atoms with E-state index in [2.05, 4.69) is 10.3 Å². The van der Waals surface area contributed by atoms with Crippen LogP contribution in [-0.4, -0.2) is 48.6 Å². The van der Waals surface area contributed by atoms with Crippen molar-refractivity contribution in [3.05, 3.63) is 56.8 Å². The molecule has 1 unspecified atom stereocenters. The minimum Gasteiger partial charge on any atom is -0.387 e. The molecule has 2 aliphatic rings. The molecule has 1 atom stereocenters. The van der Waals surface area contributed by atoms with E-state index < -0.39 is 23.3 Å². The summed E-state index contributed by atoms with van der Waals surface area (Å²) in [7, 11) is 0. The Morgan fingerprint density at radius 1 is 1.27 bits per heavy atom. The van der Waals surface area contributed by atoms with Crippen LogP contribution in [0.25, 0.3) is 10.9 Å². The van der Waals surface area contributed by atoms with Gasteiger partial charge in [0.15, 0.2) is 0 Å². The summed E-state index contributed by atoms with van der Waals surface area (Å²) in [5, 5.41) is 17.6. The Morgan fingerprint density at radius 2 is 2.00 bits per heavy atom. The third kappa shape index (κ3) is 3.09. The molecular weight excluding hydrogens is 413 g/mol. The van der Waals surface area contributed by atoms with Crippen molar-refractivity contribution >= 4 is 28.4 Å². The highest BCUT2D eigenvalue weighted by atomic mass is 35.5. The summed E-state index contributed by atoms with van der Waals surface area (Å²) in [6.07, 6.45) is 4.38. The number of hydrogen-bond acceptors (Lipinski definition) is 5. The van der Waals surface area contributed by atoms with Gasteiger partial charge in [0.05, 0.1) is 28.9 Å². The number of carbonyl (C=O) groups is 1. The van der Waals surface area contributed by atoms with Crippen molar-refractivity contribution < 1.29 is 14.3 Å². The van der Waals surface area contributed by atoms with Crippen LogP contribution in [0.15, 0.2) is 29.3 Å². The second kappa shape index (κ2) is 6.88. The number of pyridine rings is 1. The normalized spacial score (nSPS) is 17.9. The second-order valence-corrected chi connectivity index (χ2v) is 8.36. The zero-order valence-corrected chi connectivity index (χ0v) is 16.9. The molecule has 0 radical (unpaired) electrons. The van der Waals surface area contributed by atoms with Gasteiger partial charge in [-0.2, -0.15) is 0 Å². The van der Waals surface area contributed by atoms with Crippen molar-refractivity contribution in [1.29, 1.82) is 0 Å². The van der Waals surface area contributed by atoms with Crippen molar-refractivity contribution in [2.24, 2.45) is 0 Å². The highest BCUT2D eigenvalue weighted by molar-refractivity contribution is 6.31. The van der Waals surface area contributed by atoms with Crippen LogP contribution in [0.2, 0.25) is 5.02 Å². The van der Waals surface area contributed by atoms with E-state index in [4.69, 9.17) is 11.6 Å². The maximum Gasteiger partial charge on any atom is 0.259 e. The Bertz CT molecular complexity index is 1230. The fourth-order valence-electron chi connectivity index (χ4n) is 3.77. The number of benzene rings is 1. The molecule has 0 spiro atoms. The lowest BCUT2D eigenvalue weighted by Gasteiger charge is -2.38. The fourth-order valence-corrected chi connectivity index (χ4v) is 3.93. The van der Waals surface area contributed by atoms with Gasteiger partial charge in [-0.1, -0.05) is 16.8 Å². The van der Waals surface area contributed by atoms with Crippen LogP contribution in [0.5, 0.6) is 0 Å². The topological polar surface area (TPSA) is 93.2 Å². The highest BCUT2D eigenvalue weighted by Crippen LogP contribution is 2.38. The Balaban J connectivity index is 1.45. The van der Waals surface area contributed by atoms with Crippen LogP contribution in [0, 0.1) is 5.82 Å². The van der Waals surface area contributed by atoms with Crippen molar-refractivity contribution in [3.63, 3.8) is 0 Å². The molecule has 156 valence electrons. The number of nitrogens with zero attached hydrogens (tertiary/aromatic N) is 5. The molecule has 8 nitrogen and oxygen atoms in total. The van der Waals surface area contributed by atoms with E-state index in [1.807, 2.05) is 4.57 Å². The van der Waals surface area contributed by atoms with Crippen LogP contribution >= 0.6 is 11.6 Å². The minimum absolute atomic E-state index is 0.0258. The maximum absolute atomic E-state index is 14.0. The highest BCUT2D eigenvalue weighted by Gasteiger charge is 2.36.